The van der Waals surface area contributed by atoms with Crippen molar-refractivity contribution in [1.82, 2.24) is 0 Å². The topological polar surface area (TPSA) is 144 Å². The SMILES string of the molecule is [O-2].[O-2].[O-2].[O-2].[OH-].[V].[W]. The molecule has 0 unspecified atom stereocenters. The zero-order chi connectivity index (χ0) is 0. The summed E-state index contributed by atoms with van der Waals surface area (Å²) >= 11 is 0. The van der Waals surface area contributed by atoms with Crippen molar-refractivity contribution in [3.8, 4) is 0 Å². The van der Waals surface area contributed by atoms with Gasteiger partial charge >= 0.3 is 0 Å². The van der Waals surface area contributed by atoms with Crippen molar-refractivity contribution < 1.29 is 67.0 Å². The van der Waals surface area contributed by atoms with Gasteiger partial charge in [0.1, 0.15) is 0 Å². The smallest absolute Gasteiger partial charge is 0 e. The van der Waals surface area contributed by atoms with E-state index in [-0.39, 0.29) is 67.0 Å². The van der Waals surface area contributed by atoms with Crippen LogP contribution in [0.1, 0.15) is 0 Å². The molecule has 0 bridgehead atoms. The largest absolute Gasteiger partial charge is 2.00 e. The minimum absolute atomic E-state index is 0. The van der Waals surface area contributed by atoms with Gasteiger partial charge in [0.25, 0.3) is 0 Å². The number of hydrogen-bond acceptors (Lipinski definition) is 1. The van der Waals surface area contributed by atoms with E-state index in [9.17, 15) is 0 Å². The summed E-state index contributed by atoms with van der Waals surface area (Å²) in [5.74, 6) is 0. The molecule has 7 heavy (non-hydrogen) atoms. The Morgan fingerprint density at radius 3 is 0.571 bits per heavy atom. The van der Waals surface area contributed by atoms with Crippen LogP contribution >= 0.6 is 0 Å². The summed E-state index contributed by atoms with van der Waals surface area (Å²) < 4.78 is 0. The number of hydrogen-bond donors (Lipinski definition) is 0. The maximum atomic E-state index is 0. The molecule has 0 aliphatic rings. The summed E-state index contributed by atoms with van der Waals surface area (Å²) in [6.45, 7) is 0. The van der Waals surface area contributed by atoms with Crippen LogP contribution in [0.4, 0.5) is 0 Å². The van der Waals surface area contributed by atoms with Crippen LogP contribution in [0.2, 0.25) is 0 Å². The van der Waals surface area contributed by atoms with Crippen LogP contribution in [-0.2, 0) is 61.5 Å². The fourth-order valence-corrected chi connectivity index (χ4v) is 0. The maximum absolute atomic E-state index is 0. The Hall–Kier alpha value is 1.07. The summed E-state index contributed by atoms with van der Waals surface area (Å²) in [5, 5.41) is 0. The summed E-state index contributed by atoms with van der Waals surface area (Å²) in [6, 6.07) is 0. The van der Waals surface area contributed by atoms with Gasteiger partial charge in [-0.25, -0.2) is 0 Å². The first-order valence-electron chi connectivity index (χ1n) is 0. The molecule has 0 heterocycles. The van der Waals surface area contributed by atoms with E-state index in [0.29, 0.717) is 0 Å². The Morgan fingerprint density at radius 2 is 0.571 bits per heavy atom. The molecule has 0 atom stereocenters. The van der Waals surface area contributed by atoms with Crippen LogP contribution in [0.5, 0.6) is 0 Å². The van der Waals surface area contributed by atoms with E-state index in [0.717, 1.165) is 0 Å². The van der Waals surface area contributed by atoms with Gasteiger partial charge in [-0.15, -0.1) is 0 Å². The van der Waals surface area contributed by atoms with E-state index in [1.807, 2.05) is 0 Å². The molecule has 51 valence electrons. The first-order chi connectivity index (χ1) is 0. The molecule has 0 aliphatic heterocycles. The first kappa shape index (κ1) is 351. The van der Waals surface area contributed by atoms with Crippen LogP contribution in [-0.4, -0.2) is 5.48 Å². The quantitative estimate of drug-likeness (QED) is 0.574. The molecule has 0 spiro atoms. The molecule has 0 rings (SSSR count). The van der Waals surface area contributed by atoms with Crippen LogP contribution in [0.15, 0.2) is 0 Å². The van der Waals surface area contributed by atoms with Gasteiger partial charge in [-0.1, -0.05) is 0 Å². The Labute approximate surface area is 67.2 Å². The van der Waals surface area contributed by atoms with Gasteiger partial charge in [-0.05, 0) is 0 Å². The molecule has 1 N–H and O–H groups in total. The molecule has 0 aromatic carbocycles. The van der Waals surface area contributed by atoms with E-state index < -0.39 is 0 Å². The van der Waals surface area contributed by atoms with Crippen molar-refractivity contribution in [3.05, 3.63) is 0 Å². The van der Waals surface area contributed by atoms with E-state index in [2.05, 4.69) is 0 Å². The van der Waals surface area contributed by atoms with Crippen molar-refractivity contribution >= 4 is 0 Å². The molecular weight excluding hydrogens is 315 g/mol. The molecule has 0 saturated carbocycles. The van der Waals surface area contributed by atoms with Gasteiger partial charge in [-0.3, -0.25) is 0 Å². The molecule has 1 radical (unpaired) electrons. The van der Waals surface area contributed by atoms with Gasteiger partial charge in [0.15, 0.2) is 0 Å². The zero-order valence-corrected chi connectivity index (χ0v) is 7.27. The standard InChI is InChI=1S/H2O.4O.V.W/h1H2;;;;;;/q;4*-2;;/p-1. The molecule has 0 fully saturated rings. The van der Waals surface area contributed by atoms with E-state index in [4.69, 9.17) is 0 Å². The zero-order valence-electron chi connectivity index (χ0n) is 2.94. The second kappa shape index (κ2) is 227. The van der Waals surface area contributed by atoms with Gasteiger partial charge in [0, 0.05) is 39.6 Å². The third-order valence-corrected chi connectivity index (χ3v) is 0. The third-order valence-electron chi connectivity index (χ3n) is 0. The van der Waals surface area contributed by atoms with Gasteiger partial charge in [0.05, 0.1) is 0 Å². The molecule has 0 aliphatic carbocycles. The Kier molecular flexibility index (Phi) is 11400. The Balaban J connectivity index is 0. The summed E-state index contributed by atoms with van der Waals surface area (Å²) in [6.07, 6.45) is 0. The minimum atomic E-state index is 0. The predicted octanol–water partition coefficient (Wildman–Crippen LogP) is -0.657. The van der Waals surface area contributed by atoms with Crippen LogP contribution in [0, 0.1) is 0 Å². The van der Waals surface area contributed by atoms with Crippen molar-refractivity contribution in [1.29, 1.82) is 0 Å². The van der Waals surface area contributed by atoms with Crippen LogP contribution in [0.25, 0.3) is 0 Å². The average Bonchev–Trinajstić information content (AvgIpc) is 0. The van der Waals surface area contributed by atoms with Crippen molar-refractivity contribution in [3.63, 3.8) is 0 Å². The normalized spacial score (nSPS) is 0. The minimum Gasteiger partial charge on any atom is -2.00 e. The molecule has 0 amide bonds. The monoisotopic (exact) mass is 316 g/mol. The Bertz CT molecular complexity index is 8.04. The van der Waals surface area contributed by atoms with E-state index >= 15 is 0 Å². The van der Waals surface area contributed by atoms with Gasteiger partial charge in [0.2, 0.25) is 0 Å². The molecular formula is HO5VW-9. The second-order valence-corrected chi connectivity index (χ2v) is 0. The third kappa shape index (κ3) is 158. The van der Waals surface area contributed by atoms with Crippen LogP contribution < -0.4 is 0 Å². The maximum Gasteiger partial charge on any atom is 0 e. The molecule has 0 saturated heterocycles. The molecule has 0 aromatic rings. The fraction of sp³-hybridized carbons (Fsp3) is 0. The first-order valence-corrected chi connectivity index (χ1v) is 0. The predicted molar refractivity (Wildman–Crippen MR) is 4.68 cm³/mol. The van der Waals surface area contributed by atoms with E-state index in [1.165, 1.54) is 0 Å². The van der Waals surface area contributed by atoms with Crippen molar-refractivity contribution in [2.45, 2.75) is 0 Å². The average molecular weight is 316 g/mol. The van der Waals surface area contributed by atoms with Gasteiger partial charge < -0.3 is 27.4 Å². The Morgan fingerprint density at radius 1 is 0.571 bits per heavy atom. The van der Waals surface area contributed by atoms with Gasteiger partial charge in [-0.2, -0.15) is 0 Å². The molecule has 7 heteroatoms. The summed E-state index contributed by atoms with van der Waals surface area (Å²) in [4.78, 5) is 0. The fourth-order valence-electron chi connectivity index (χ4n) is 0. The summed E-state index contributed by atoms with van der Waals surface area (Å²) in [7, 11) is 0. The second-order valence-electron chi connectivity index (χ2n) is 0. The molecule has 5 nitrogen and oxygen atoms in total. The summed E-state index contributed by atoms with van der Waals surface area (Å²) in [5.41, 5.74) is 0. The van der Waals surface area contributed by atoms with Crippen molar-refractivity contribution in [2.24, 2.45) is 0 Å². The van der Waals surface area contributed by atoms with Crippen LogP contribution in [0.3, 0.4) is 0 Å². The van der Waals surface area contributed by atoms with Crippen molar-refractivity contribution in [2.75, 3.05) is 0 Å². The van der Waals surface area contributed by atoms with E-state index in [1.54, 1.807) is 0 Å². The number of rotatable bonds is 0. The molecule has 0 aromatic heterocycles.